The van der Waals surface area contributed by atoms with E-state index in [1.165, 1.54) is 19.3 Å². The minimum absolute atomic E-state index is 0.128. The van der Waals surface area contributed by atoms with Crippen LogP contribution < -0.4 is 11.1 Å². The van der Waals surface area contributed by atoms with Crippen LogP contribution in [0.15, 0.2) is 18.3 Å². The summed E-state index contributed by atoms with van der Waals surface area (Å²) in [6.45, 7) is 2.93. The zero-order valence-corrected chi connectivity index (χ0v) is 10.2. The van der Waals surface area contributed by atoms with E-state index in [2.05, 4.69) is 17.2 Å². The third-order valence-electron chi connectivity index (χ3n) is 3.80. The summed E-state index contributed by atoms with van der Waals surface area (Å²) in [6, 6.07) is 3.28. The lowest BCUT2D eigenvalue weighted by molar-refractivity contribution is 0.0845. The summed E-state index contributed by atoms with van der Waals surface area (Å²) < 4.78 is 0. The molecule has 3 N–H and O–H groups in total. The van der Waals surface area contributed by atoms with Gasteiger partial charge in [-0.2, -0.15) is 0 Å². The number of nitrogens with zero attached hydrogens (tertiary/aromatic N) is 1. The molecule has 4 nitrogen and oxygen atoms in total. The predicted molar refractivity (Wildman–Crippen MR) is 67.6 cm³/mol. The lowest BCUT2D eigenvalue weighted by Gasteiger charge is -2.41. The molecule has 0 spiro atoms. The Bertz CT molecular complexity index is 407. The summed E-state index contributed by atoms with van der Waals surface area (Å²) in [5.41, 5.74) is 6.92. The highest BCUT2D eigenvalue weighted by Crippen LogP contribution is 2.43. The number of nitrogen functional groups attached to an aromatic ring is 1. The number of amides is 1. The van der Waals surface area contributed by atoms with Crippen LogP contribution in [0.3, 0.4) is 0 Å². The second-order valence-corrected chi connectivity index (χ2v) is 4.86. The Morgan fingerprint density at radius 1 is 1.59 bits per heavy atom. The van der Waals surface area contributed by atoms with Crippen molar-refractivity contribution in [3.05, 3.63) is 24.0 Å². The second kappa shape index (κ2) is 4.73. The molecule has 92 valence electrons. The molecular weight excluding hydrogens is 214 g/mol. The fraction of sp³-hybridized carbons (Fsp3) is 0.538. The van der Waals surface area contributed by atoms with E-state index in [0.717, 1.165) is 13.0 Å². The average molecular weight is 233 g/mol. The SMILES string of the molecule is CCC1(CNC(=O)c2cc(N)ccn2)CCC1. The van der Waals surface area contributed by atoms with Crippen LogP contribution in [0, 0.1) is 5.41 Å². The van der Waals surface area contributed by atoms with Crippen LogP contribution in [0.25, 0.3) is 0 Å². The van der Waals surface area contributed by atoms with Crippen LogP contribution >= 0.6 is 0 Å². The van der Waals surface area contributed by atoms with Crippen molar-refractivity contribution in [2.75, 3.05) is 12.3 Å². The molecule has 1 amide bonds. The Hall–Kier alpha value is -1.58. The Morgan fingerprint density at radius 3 is 2.88 bits per heavy atom. The number of hydrogen-bond donors (Lipinski definition) is 2. The van der Waals surface area contributed by atoms with Crippen LogP contribution in [0.5, 0.6) is 0 Å². The first kappa shape index (κ1) is 11.9. The first-order valence-corrected chi connectivity index (χ1v) is 6.15. The van der Waals surface area contributed by atoms with Crippen LogP contribution in [-0.2, 0) is 0 Å². The number of nitrogens with one attached hydrogen (secondary N) is 1. The average Bonchev–Trinajstić information content (AvgIpc) is 2.28. The van der Waals surface area contributed by atoms with Crippen LogP contribution in [0.2, 0.25) is 0 Å². The summed E-state index contributed by atoms with van der Waals surface area (Å²) in [5.74, 6) is -0.128. The first-order valence-electron chi connectivity index (χ1n) is 6.15. The van der Waals surface area contributed by atoms with Gasteiger partial charge >= 0.3 is 0 Å². The second-order valence-electron chi connectivity index (χ2n) is 4.86. The fourth-order valence-electron chi connectivity index (χ4n) is 2.26. The number of nitrogens with two attached hydrogens (primary N) is 1. The minimum atomic E-state index is -0.128. The topological polar surface area (TPSA) is 68.0 Å². The summed E-state index contributed by atoms with van der Waals surface area (Å²) in [5, 5.41) is 2.96. The number of carbonyl (C=O) groups excluding carboxylic acids is 1. The van der Waals surface area contributed by atoms with E-state index in [-0.39, 0.29) is 5.91 Å². The van der Waals surface area contributed by atoms with Gasteiger partial charge in [-0.15, -0.1) is 0 Å². The number of anilines is 1. The highest BCUT2D eigenvalue weighted by atomic mass is 16.1. The number of aromatic nitrogens is 1. The third-order valence-corrected chi connectivity index (χ3v) is 3.80. The summed E-state index contributed by atoms with van der Waals surface area (Å²) in [4.78, 5) is 15.9. The van der Waals surface area contributed by atoms with E-state index in [4.69, 9.17) is 5.73 Å². The normalized spacial score (nSPS) is 17.2. The van der Waals surface area contributed by atoms with Crippen LogP contribution in [0.4, 0.5) is 5.69 Å². The largest absolute Gasteiger partial charge is 0.399 e. The van der Waals surface area contributed by atoms with Gasteiger partial charge in [-0.1, -0.05) is 13.3 Å². The monoisotopic (exact) mass is 233 g/mol. The molecule has 1 aromatic rings. The maximum atomic E-state index is 11.9. The van der Waals surface area contributed by atoms with Crippen molar-refractivity contribution in [3.63, 3.8) is 0 Å². The van der Waals surface area contributed by atoms with Crippen molar-refractivity contribution in [3.8, 4) is 0 Å². The molecule has 4 heteroatoms. The van der Waals surface area contributed by atoms with E-state index in [9.17, 15) is 4.79 Å². The molecule has 1 aliphatic carbocycles. The number of rotatable bonds is 4. The first-order chi connectivity index (χ1) is 8.15. The van der Waals surface area contributed by atoms with Gasteiger partial charge in [-0.25, -0.2) is 0 Å². The number of carbonyl (C=O) groups is 1. The molecule has 0 atom stereocenters. The van der Waals surface area contributed by atoms with Crippen molar-refractivity contribution in [2.45, 2.75) is 32.6 Å². The van der Waals surface area contributed by atoms with Gasteiger partial charge in [-0.05, 0) is 36.8 Å². The Morgan fingerprint density at radius 2 is 2.35 bits per heavy atom. The Labute approximate surface area is 102 Å². The van der Waals surface area contributed by atoms with E-state index < -0.39 is 0 Å². The summed E-state index contributed by atoms with van der Waals surface area (Å²) in [7, 11) is 0. The molecule has 0 bridgehead atoms. The Kier molecular flexibility index (Phi) is 3.31. The van der Waals surface area contributed by atoms with Gasteiger partial charge in [-0.3, -0.25) is 9.78 Å². The van der Waals surface area contributed by atoms with Gasteiger partial charge < -0.3 is 11.1 Å². The molecule has 1 aliphatic rings. The Balaban J connectivity index is 1.93. The van der Waals surface area contributed by atoms with E-state index in [1.807, 2.05) is 0 Å². The predicted octanol–water partition coefficient (Wildman–Crippen LogP) is 1.97. The molecule has 1 saturated carbocycles. The van der Waals surface area contributed by atoms with Crippen LogP contribution in [-0.4, -0.2) is 17.4 Å². The standard InChI is InChI=1S/C13H19N3O/c1-2-13(5-3-6-13)9-16-12(17)11-8-10(14)4-7-15-11/h4,7-8H,2-3,5-6,9H2,1H3,(H2,14,15)(H,16,17). The van der Waals surface area contributed by atoms with Crippen molar-refractivity contribution in [2.24, 2.45) is 5.41 Å². The highest BCUT2D eigenvalue weighted by molar-refractivity contribution is 5.92. The summed E-state index contributed by atoms with van der Waals surface area (Å²) >= 11 is 0. The van der Waals surface area contributed by atoms with Gasteiger partial charge in [0.2, 0.25) is 0 Å². The van der Waals surface area contributed by atoms with E-state index in [1.54, 1.807) is 18.3 Å². The van der Waals surface area contributed by atoms with Crippen molar-refractivity contribution < 1.29 is 4.79 Å². The van der Waals surface area contributed by atoms with E-state index in [0.29, 0.717) is 16.8 Å². The lowest BCUT2D eigenvalue weighted by Crippen LogP contribution is -2.41. The molecule has 0 radical (unpaired) electrons. The molecule has 0 aliphatic heterocycles. The molecule has 1 heterocycles. The molecule has 0 aromatic carbocycles. The van der Waals surface area contributed by atoms with Crippen molar-refractivity contribution in [1.29, 1.82) is 0 Å². The number of pyridine rings is 1. The zero-order chi connectivity index (χ0) is 12.3. The minimum Gasteiger partial charge on any atom is -0.399 e. The van der Waals surface area contributed by atoms with Gasteiger partial charge in [0.15, 0.2) is 0 Å². The van der Waals surface area contributed by atoms with Gasteiger partial charge in [0.05, 0.1) is 0 Å². The van der Waals surface area contributed by atoms with Gasteiger partial charge in [0, 0.05) is 18.4 Å². The molecular formula is C13H19N3O. The molecule has 0 unspecified atom stereocenters. The smallest absolute Gasteiger partial charge is 0.269 e. The molecule has 1 aromatic heterocycles. The lowest BCUT2D eigenvalue weighted by atomic mass is 9.67. The zero-order valence-electron chi connectivity index (χ0n) is 10.2. The molecule has 1 fully saturated rings. The van der Waals surface area contributed by atoms with Crippen molar-refractivity contribution in [1.82, 2.24) is 10.3 Å². The van der Waals surface area contributed by atoms with Gasteiger partial charge in [0.1, 0.15) is 5.69 Å². The molecule has 2 rings (SSSR count). The van der Waals surface area contributed by atoms with Gasteiger partial charge in [0.25, 0.3) is 5.91 Å². The molecule has 17 heavy (non-hydrogen) atoms. The maximum Gasteiger partial charge on any atom is 0.269 e. The third kappa shape index (κ3) is 2.57. The van der Waals surface area contributed by atoms with Crippen LogP contribution in [0.1, 0.15) is 43.1 Å². The number of hydrogen-bond acceptors (Lipinski definition) is 3. The quantitative estimate of drug-likeness (QED) is 0.835. The summed E-state index contributed by atoms with van der Waals surface area (Å²) in [6.07, 6.45) is 6.39. The molecule has 0 saturated heterocycles. The van der Waals surface area contributed by atoms with Crippen molar-refractivity contribution >= 4 is 11.6 Å². The van der Waals surface area contributed by atoms with E-state index >= 15 is 0 Å². The maximum absolute atomic E-state index is 11.9. The highest BCUT2D eigenvalue weighted by Gasteiger charge is 2.35. The fourth-order valence-corrected chi connectivity index (χ4v) is 2.26.